The standard InChI is InChI=1S/C25H20N2O3/c1-15-21-13-27(30-14-23(29)17-6-4-3-5-7-17)11-10-19(21)16(2)25-24(15)20-12-18(28)8-9-22(20)26-25/h3-13,28H,14H2,1-2H3/p+1. The predicted octanol–water partition coefficient (Wildman–Crippen LogP) is 4.40. The van der Waals surface area contributed by atoms with Gasteiger partial charge in [-0.15, -0.1) is 0 Å². The van der Waals surface area contributed by atoms with Crippen LogP contribution >= 0.6 is 0 Å². The van der Waals surface area contributed by atoms with E-state index >= 15 is 0 Å². The van der Waals surface area contributed by atoms with Gasteiger partial charge in [0, 0.05) is 32.6 Å². The molecule has 148 valence electrons. The summed E-state index contributed by atoms with van der Waals surface area (Å²) in [4.78, 5) is 21.6. The second-order valence-corrected chi connectivity index (χ2v) is 7.55. The summed E-state index contributed by atoms with van der Waals surface area (Å²) >= 11 is 0. The number of hydrogen-bond donors (Lipinski definition) is 2. The van der Waals surface area contributed by atoms with Crippen molar-refractivity contribution in [3.8, 4) is 5.75 Å². The van der Waals surface area contributed by atoms with Gasteiger partial charge in [0.2, 0.25) is 24.8 Å². The summed E-state index contributed by atoms with van der Waals surface area (Å²) in [6.07, 6.45) is 3.74. The molecule has 2 heterocycles. The molecule has 0 aliphatic carbocycles. The van der Waals surface area contributed by atoms with Crippen molar-refractivity contribution >= 4 is 38.4 Å². The Hall–Kier alpha value is -3.86. The van der Waals surface area contributed by atoms with Crippen molar-refractivity contribution in [2.45, 2.75) is 13.8 Å². The Kier molecular flexibility index (Phi) is 4.17. The number of pyridine rings is 1. The lowest BCUT2D eigenvalue weighted by molar-refractivity contribution is -0.888. The van der Waals surface area contributed by atoms with Crippen LogP contribution in [0, 0.1) is 13.8 Å². The molecule has 0 unspecified atom stereocenters. The van der Waals surface area contributed by atoms with Crippen LogP contribution in [0.25, 0.3) is 32.6 Å². The minimum absolute atomic E-state index is 0.0403. The van der Waals surface area contributed by atoms with Gasteiger partial charge in [-0.25, -0.2) is 0 Å². The summed E-state index contributed by atoms with van der Waals surface area (Å²) in [5, 5.41) is 14.2. The number of hydrogen-bond acceptors (Lipinski definition) is 3. The Bertz CT molecular complexity index is 1440. The average molecular weight is 397 g/mol. The highest BCUT2D eigenvalue weighted by atomic mass is 16.7. The number of carbonyl (C=O) groups is 1. The minimum atomic E-state index is -0.0707. The maximum atomic E-state index is 12.4. The van der Waals surface area contributed by atoms with Crippen LogP contribution in [0.3, 0.4) is 0 Å². The topological polar surface area (TPSA) is 66.2 Å². The number of Topliss-reactive ketones (excluding diaryl/α,β-unsaturated/α-hetero) is 1. The predicted molar refractivity (Wildman–Crippen MR) is 117 cm³/mol. The Labute approximate surface area is 173 Å². The lowest BCUT2D eigenvalue weighted by Crippen LogP contribution is -2.44. The zero-order chi connectivity index (χ0) is 20.8. The number of phenols is 1. The van der Waals surface area contributed by atoms with E-state index in [9.17, 15) is 9.90 Å². The molecule has 5 aromatic rings. The van der Waals surface area contributed by atoms with Crippen molar-refractivity contribution in [2.24, 2.45) is 0 Å². The van der Waals surface area contributed by atoms with Gasteiger partial charge in [0.15, 0.2) is 0 Å². The summed E-state index contributed by atoms with van der Waals surface area (Å²) in [6, 6.07) is 16.5. The first-order chi connectivity index (χ1) is 14.5. The Morgan fingerprint density at radius 1 is 1.00 bits per heavy atom. The van der Waals surface area contributed by atoms with E-state index in [2.05, 4.69) is 18.8 Å². The molecule has 0 spiro atoms. The number of ketones is 1. The second kappa shape index (κ2) is 6.88. The molecule has 5 nitrogen and oxygen atoms in total. The zero-order valence-corrected chi connectivity index (χ0v) is 16.8. The molecule has 5 rings (SSSR count). The van der Waals surface area contributed by atoms with Gasteiger partial charge in [-0.1, -0.05) is 30.3 Å². The lowest BCUT2D eigenvalue weighted by atomic mass is 9.97. The first kappa shape index (κ1) is 18.2. The van der Waals surface area contributed by atoms with E-state index in [4.69, 9.17) is 4.84 Å². The molecule has 0 amide bonds. The third-order valence-electron chi connectivity index (χ3n) is 5.72. The number of benzene rings is 3. The van der Waals surface area contributed by atoms with Gasteiger partial charge in [-0.05, 0) is 48.6 Å². The van der Waals surface area contributed by atoms with E-state index in [-0.39, 0.29) is 18.1 Å². The summed E-state index contributed by atoms with van der Waals surface area (Å²) in [7, 11) is 0. The SMILES string of the molecule is Cc1c2cc[n+](OCC(=O)c3ccccc3)cc2c(C)c2c1[nH]c1ccc(O)cc12. The number of H-pyrrole nitrogens is 1. The molecule has 2 N–H and O–H groups in total. The number of nitrogens with zero attached hydrogens (tertiary/aromatic N) is 1. The van der Waals surface area contributed by atoms with Gasteiger partial charge in [0.25, 0.3) is 0 Å². The maximum Gasteiger partial charge on any atom is 0.230 e. The molecule has 0 atom stereocenters. The number of aryl methyl sites for hydroxylation is 2. The molecule has 3 aromatic carbocycles. The molecule has 0 bridgehead atoms. The smallest absolute Gasteiger partial charge is 0.230 e. The molecule has 2 aromatic heterocycles. The van der Waals surface area contributed by atoms with E-state index in [0.29, 0.717) is 5.56 Å². The Balaban J connectivity index is 1.59. The van der Waals surface area contributed by atoms with Gasteiger partial charge in [0.1, 0.15) is 5.75 Å². The van der Waals surface area contributed by atoms with E-state index in [1.165, 1.54) is 0 Å². The number of phenolic OH excluding ortho intramolecular Hbond substituents is 1. The van der Waals surface area contributed by atoms with Crippen molar-refractivity contribution in [3.05, 3.63) is 83.7 Å². The number of aromatic amines is 1. The highest BCUT2D eigenvalue weighted by molar-refractivity contribution is 6.16. The summed E-state index contributed by atoms with van der Waals surface area (Å²) < 4.78 is 1.59. The second-order valence-electron chi connectivity index (χ2n) is 7.55. The maximum absolute atomic E-state index is 12.4. The molecular weight excluding hydrogens is 376 g/mol. The monoisotopic (exact) mass is 397 g/mol. The number of rotatable bonds is 4. The van der Waals surface area contributed by atoms with Gasteiger partial charge in [-0.3, -0.25) is 9.63 Å². The molecule has 5 heteroatoms. The van der Waals surface area contributed by atoms with E-state index < -0.39 is 0 Å². The minimum Gasteiger partial charge on any atom is -0.508 e. The van der Waals surface area contributed by atoms with Crippen LogP contribution in [-0.4, -0.2) is 22.5 Å². The summed E-state index contributed by atoms with van der Waals surface area (Å²) in [5.41, 5.74) is 4.91. The van der Waals surface area contributed by atoms with Gasteiger partial charge >= 0.3 is 0 Å². The molecular formula is C25H21N2O3+. The van der Waals surface area contributed by atoms with Gasteiger partial charge in [-0.2, -0.15) is 0 Å². The molecule has 0 aliphatic rings. The van der Waals surface area contributed by atoms with Crippen LogP contribution in [0.4, 0.5) is 0 Å². The van der Waals surface area contributed by atoms with Crippen LogP contribution < -0.4 is 9.57 Å². The first-order valence-corrected chi connectivity index (χ1v) is 9.83. The number of aromatic nitrogens is 2. The first-order valence-electron chi connectivity index (χ1n) is 9.83. The third kappa shape index (κ3) is 2.87. The summed E-state index contributed by atoms with van der Waals surface area (Å²) in [5.74, 6) is 0.171. The van der Waals surface area contributed by atoms with Crippen LogP contribution in [0.15, 0.2) is 67.0 Å². The van der Waals surface area contributed by atoms with Crippen LogP contribution in [0.2, 0.25) is 0 Å². The van der Waals surface area contributed by atoms with Crippen molar-refractivity contribution in [2.75, 3.05) is 6.61 Å². The fourth-order valence-electron chi connectivity index (χ4n) is 4.14. The normalized spacial score (nSPS) is 11.4. The van der Waals surface area contributed by atoms with Gasteiger partial charge in [0.05, 0.1) is 10.9 Å². The molecule has 0 fully saturated rings. The van der Waals surface area contributed by atoms with Crippen molar-refractivity contribution < 1.29 is 19.5 Å². The lowest BCUT2D eigenvalue weighted by Gasteiger charge is -2.08. The number of carbonyl (C=O) groups excluding carboxylic acids is 1. The fraction of sp³-hybridized carbons (Fsp3) is 0.120. The van der Waals surface area contributed by atoms with E-state index in [0.717, 1.165) is 43.7 Å². The molecule has 30 heavy (non-hydrogen) atoms. The average Bonchev–Trinajstić information content (AvgIpc) is 3.15. The largest absolute Gasteiger partial charge is 0.508 e. The van der Waals surface area contributed by atoms with E-state index in [1.807, 2.05) is 42.7 Å². The molecule has 0 aliphatic heterocycles. The molecule has 0 saturated heterocycles. The van der Waals surface area contributed by atoms with Crippen molar-refractivity contribution in [1.29, 1.82) is 0 Å². The highest BCUT2D eigenvalue weighted by Crippen LogP contribution is 2.36. The van der Waals surface area contributed by atoms with Crippen LogP contribution in [-0.2, 0) is 0 Å². The quantitative estimate of drug-likeness (QED) is 0.349. The Morgan fingerprint density at radius 2 is 1.80 bits per heavy atom. The number of aromatic hydroxyl groups is 1. The fourth-order valence-corrected chi connectivity index (χ4v) is 4.14. The third-order valence-corrected chi connectivity index (χ3v) is 5.72. The zero-order valence-electron chi connectivity index (χ0n) is 16.8. The highest BCUT2D eigenvalue weighted by Gasteiger charge is 2.18. The van der Waals surface area contributed by atoms with Gasteiger partial charge < -0.3 is 10.1 Å². The van der Waals surface area contributed by atoms with Crippen LogP contribution in [0.5, 0.6) is 5.75 Å². The summed E-state index contributed by atoms with van der Waals surface area (Å²) in [6.45, 7) is 4.12. The number of fused-ring (bicyclic) bond motifs is 4. The Morgan fingerprint density at radius 3 is 2.60 bits per heavy atom. The van der Waals surface area contributed by atoms with Crippen molar-refractivity contribution in [1.82, 2.24) is 4.98 Å². The molecule has 0 radical (unpaired) electrons. The number of nitrogens with one attached hydrogen (secondary N) is 1. The molecule has 0 saturated carbocycles. The van der Waals surface area contributed by atoms with E-state index in [1.54, 1.807) is 29.0 Å². The van der Waals surface area contributed by atoms with Crippen LogP contribution in [0.1, 0.15) is 21.5 Å². The van der Waals surface area contributed by atoms with Crippen molar-refractivity contribution in [3.63, 3.8) is 0 Å².